The lowest BCUT2D eigenvalue weighted by atomic mass is 9.87. The minimum atomic E-state index is -0.778. The molecule has 0 radical (unpaired) electrons. The number of rotatable bonds is 8. The summed E-state index contributed by atoms with van der Waals surface area (Å²) in [6.45, 7) is 5.57. The number of amides is 2. The third-order valence-corrected chi connectivity index (χ3v) is 5.17. The summed E-state index contributed by atoms with van der Waals surface area (Å²) in [4.78, 5) is 36.7. The Hall–Kier alpha value is -2.37. The molecule has 2 N–H and O–H groups in total. The predicted molar refractivity (Wildman–Crippen MR) is 107 cm³/mol. The molecule has 0 saturated heterocycles. The van der Waals surface area contributed by atoms with Gasteiger partial charge in [0.25, 0.3) is 5.91 Å². The van der Waals surface area contributed by atoms with Crippen molar-refractivity contribution in [2.24, 2.45) is 11.8 Å². The van der Waals surface area contributed by atoms with E-state index in [1.54, 1.807) is 0 Å². The van der Waals surface area contributed by atoms with Crippen LogP contribution < -0.4 is 10.6 Å². The van der Waals surface area contributed by atoms with Crippen molar-refractivity contribution >= 4 is 17.8 Å². The highest BCUT2D eigenvalue weighted by molar-refractivity contribution is 5.87. The molecular formula is C22H32N2O4. The molecule has 2 amide bonds. The maximum Gasteiger partial charge on any atom is 0.329 e. The number of esters is 1. The van der Waals surface area contributed by atoms with E-state index in [1.807, 2.05) is 44.2 Å². The summed E-state index contributed by atoms with van der Waals surface area (Å²) in [5, 5.41) is 5.66. The normalized spacial score (nSPS) is 20.3. The minimum Gasteiger partial charge on any atom is -0.454 e. The molecule has 0 aromatic heterocycles. The van der Waals surface area contributed by atoms with Gasteiger partial charge in [0.05, 0.1) is 6.42 Å². The summed E-state index contributed by atoms with van der Waals surface area (Å²) in [7, 11) is 0. The van der Waals surface area contributed by atoms with Crippen LogP contribution >= 0.6 is 0 Å². The first-order chi connectivity index (χ1) is 13.3. The van der Waals surface area contributed by atoms with Gasteiger partial charge < -0.3 is 15.4 Å². The predicted octanol–water partition coefficient (Wildman–Crippen LogP) is 2.61. The van der Waals surface area contributed by atoms with Gasteiger partial charge >= 0.3 is 5.97 Å². The molecule has 2 rings (SSSR count). The van der Waals surface area contributed by atoms with Crippen molar-refractivity contribution in [1.82, 2.24) is 10.6 Å². The van der Waals surface area contributed by atoms with Crippen molar-refractivity contribution in [3.8, 4) is 0 Å². The number of benzene rings is 1. The molecule has 6 nitrogen and oxygen atoms in total. The van der Waals surface area contributed by atoms with Crippen molar-refractivity contribution in [3.05, 3.63) is 35.9 Å². The molecule has 1 aromatic carbocycles. The quantitative estimate of drug-likeness (QED) is 0.671. The van der Waals surface area contributed by atoms with E-state index in [9.17, 15) is 14.4 Å². The number of nitrogens with one attached hydrogen (secondary N) is 2. The van der Waals surface area contributed by atoms with E-state index >= 15 is 0 Å². The van der Waals surface area contributed by atoms with E-state index in [0.717, 1.165) is 31.2 Å². The van der Waals surface area contributed by atoms with E-state index in [2.05, 4.69) is 17.6 Å². The van der Waals surface area contributed by atoms with Gasteiger partial charge in [-0.1, -0.05) is 51.1 Å². The van der Waals surface area contributed by atoms with Gasteiger partial charge in [0.1, 0.15) is 6.04 Å². The molecular weight excluding hydrogens is 356 g/mol. The van der Waals surface area contributed by atoms with Crippen LogP contribution in [0.2, 0.25) is 0 Å². The molecule has 154 valence electrons. The standard InChI is InChI=1S/C22H32N2O4/c1-15(2)21(24-19(25)13-17-7-5-4-6-8-17)22(27)28-14-20(26)23-18-11-9-16(3)10-12-18/h4-8,15-16,18,21H,9-14H2,1-3H3,(H,23,26)(H,24,25)/t16?,18?,21-/m0/s1. The first-order valence-electron chi connectivity index (χ1n) is 10.1. The van der Waals surface area contributed by atoms with Crippen LogP contribution in [0.5, 0.6) is 0 Å². The van der Waals surface area contributed by atoms with Crippen LogP contribution in [0.4, 0.5) is 0 Å². The number of carbonyl (C=O) groups excluding carboxylic acids is 3. The lowest BCUT2D eigenvalue weighted by molar-refractivity contribution is -0.153. The molecule has 1 atom stereocenters. The highest BCUT2D eigenvalue weighted by Crippen LogP contribution is 2.23. The van der Waals surface area contributed by atoms with Gasteiger partial charge in [0, 0.05) is 6.04 Å². The molecule has 28 heavy (non-hydrogen) atoms. The van der Waals surface area contributed by atoms with Crippen LogP contribution in [0.3, 0.4) is 0 Å². The lowest BCUT2D eigenvalue weighted by Crippen LogP contribution is -2.47. The minimum absolute atomic E-state index is 0.143. The van der Waals surface area contributed by atoms with E-state index in [0.29, 0.717) is 5.92 Å². The average molecular weight is 389 g/mol. The number of carbonyl (C=O) groups is 3. The van der Waals surface area contributed by atoms with Gasteiger partial charge in [-0.15, -0.1) is 0 Å². The Morgan fingerprint density at radius 2 is 1.68 bits per heavy atom. The zero-order valence-corrected chi connectivity index (χ0v) is 17.1. The molecule has 1 aliphatic carbocycles. The Morgan fingerprint density at radius 3 is 2.29 bits per heavy atom. The molecule has 1 aromatic rings. The smallest absolute Gasteiger partial charge is 0.329 e. The molecule has 1 saturated carbocycles. The fourth-order valence-corrected chi connectivity index (χ4v) is 3.40. The van der Waals surface area contributed by atoms with E-state index in [1.165, 1.54) is 0 Å². The largest absolute Gasteiger partial charge is 0.454 e. The van der Waals surface area contributed by atoms with Gasteiger partial charge in [-0.3, -0.25) is 9.59 Å². The second-order valence-corrected chi connectivity index (χ2v) is 8.08. The van der Waals surface area contributed by atoms with E-state index in [-0.39, 0.29) is 36.8 Å². The second kappa shape index (κ2) is 10.8. The van der Waals surface area contributed by atoms with Crippen molar-refractivity contribution in [2.45, 2.75) is 65.0 Å². The Labute approximate surface area is 167 Å². The SMILES string of the molecule is CC1CCC(NC(=O)COC(=O)[C@@H](NC(=O)Cc2ccccc2)C(C)C)CC1. The van der Waals surface area contributed by atoms with Gasteiger partial charge in [0.2, 0.25) is 5.91 Å². The Morgan fingerprint density at radius 1 is 1.04 bits per heavy atom. The Balaban J connectivity index is 1.78. The van der Waals surface area contributed by atoms with Gasteiger partial charge in [-0.25, -0.2) is 4.79 Å². The fraction of sp³-hybridized carbons (Fsp3) is 0.591. The van der Waals surface area contributed by atoms with Crippen molar-refractivity contribution in [2.75, 3.05) is 6.61 Å². The van der Waals surface area contributed by atoms with Crippen LogP contribution in [0.15, 0.2) is 30.3 Å². The number of ether oxygens (including phenoxy) is 1. The Kier molecular flexibility index (Phi) is 8.48. The van der Waals surface area contributed by atoms with Crippen molar-refractivity contribution < 1.29 is 19.1 Å². The maximum atomic E-state index is 12.4. The molecule has 1 aliphatic rings. The van der Waals surface area contributed by atoms with Crippen molar-refractivity contribution in [3.63, 3.8) is 0 Å². The first kappa shape index (κ1) is 21.9. The van der Waals surface area contributed by atoms with Gasteiger partial charge in [-0.2, -0.15) is 0 Å². The monoisotopic (exact) mass is 388 g/mol. The summed E-state index contributed by atoms with van der Waals surface area (Å²) >= 11 is 0. The molecule has 0 unspecified atom stereocenters. The molecule has 0 heterocycles. The summed E-state index contributed by atoms with van der Waals surface area (Å²) in [5.74, 6) is -0.551. The van der Waals surface area contributed by atoms with Crippen LogP contribution in [0, 0.1) is 11.8 Å². The molecule has 0 bridgehead atoms. The Bertz CT molecular complexity index is 652. The van der Waals surface area contributed by atoms with Gasteiger partial charge in [0.15, 0.2) is 6.61 Å². The third-order valence-electron chi connectivity index (χ3n) is 5.17. The lowest BCUT2D eigenvalue weighted by Gasteiger charge is -2.27. The van der Waals surface area contributed by atoms with Crippen LogP contribution in [0.25, 0.3) is 0 Å². The summed E-state index contributed by atoms with van der Waals surface area (Å²) in [6.07, 6.45) is 4.33. The van der Waals surface area contributed by atoms with E-state index < -0.39 is 12.0 Å². The molecule has 0 spiro atoms. The van der Waals surface area contributed by atoms with E-state index in [4.69, 9.17) is 4.74 Å². The molecule has 0 aliphatic heterocycles. The highest BCUT2D eigenvalue weighted by atomic mass is 16.5. The van der Waals surface area contributed by atoms with Crippen LogP contribution in [-0.2, 0) is 25.5 Å². The van der Waals surface area contributed by atoms with Gasteiger partial charge in [-0.05, 0) is 43.1 Å². The maximum absolute atomic E-state index is 12.4. The topological polar surface area (TPSA) is 84.5 Å². The van der Waals surface area contributed by atoms with Crippen molar-refractivity contribution in [1.29, 1.82) is 0 Å². The molecule has 1 fully saturated rings. The zero-order valence-electron chi connectivity index (χ0n) is 17.1. The third kappa shape index (κ3) is 7.33. The second-order valence-electron chi connectivity index (χ2n) is 8.08. The fourth-order valence-electron chi connectivity index (χ4n) is 3.40. The highest BCUT2D eigenvalue weighted by Gasteiger charge is 2.27. The number of hydrogen-bond donors (Lipinski definition) is 2. The summed E-state index contributed by atoms with van der Waals surface area (Å²) in [6, 6.07) is 8.71. The summed E-state index contributed by atoms with van der Waals surface area (Å²) < 4.78 is 5.18. The van der Waals surface area contributed by atoms with Crippen LogP contribution in [0.1, 0.15) is 52.0 Å². The number of hydrogen-bond acceptors (Lipinski definition) is 4. The summed E-state index contributed by atoms with van der Waals surface area (Å²) in [5.41, 5.74) is 0.872. The zero-order chi connectivity index (χ0) is 20.5. The first-order valence-corrected chi connectivity index (χ1v) is 10.1. The molecule has 6 heteroatoms. The van der Waals surface area contributed by atoms with Crippen LogP contribution in [-0.4, -0.2) is 36.5 Å². The average Bonchev–Trinajstić information content (AvgIpc) is 2.66.